The molecule has 0 saturated carbocycles. The fraction of sp³-hybridized carbons (Fsp3) is 0.0909. The summed E-state index contributed by atoms with van der Waals surface area (Å²) in [6.45, 7) is 4.01. The third-order valence-corrected chi connectivity index (χ3v) is 6.06. The summed E-state index contributed by atoms with van der Waals surface area (Å²) in [6, 6.07) is 21.0. The molecule has 4 heteroatoms. The second-order valence-electron chi connectivity index (χ2n) is 6.54. The van der Waals surface area contributed by atoms with Crippen LogP contribution >= 0.6 is 0 Å². The molecule has 1 aliphatic carbocycles. The zero-order valence-corrected chi connectivity index (χ0v) is 15.5. The van der Waals surface area contributed by atoms with Crippen LogP contribution < -0.4 is 4.72 Å². The van der Waals surface area contributed by atoms with Gasteiger partial charge in [0.2, 0.25) is 0 Å². The predicted octanol–water partition coefficient (Wildman–Crippen LogP) is 4.65. The zero-order chi connectivity index (χ0) is 18.3. The van der Waals surface area contributed by atoms with E-state index >= 15 is 0 Å². The smallest absolute Gasteiger partial charge is 0.261 e. The van der Waals surface area contributed by atoms with E-state index in [1.54, 1.807) is 30.5 Å². The van der Waals surface area contributed by atoms with Gasteiger partial charge in [0.25, 0.3) is 10.0 Å². The zero-order valence-electron chi connectivity index (χ0n) is 14.7. The quantitative estimate of drug-likeness (QED) is 0.577. The summed E-state index contributed by atoms with van der Waals surface area (Å²) in [5, 5.41) is 0. The van der Waals surface area contributed by atoms with E-state index in [4.69, 9.17) is 0 Å². The highest BCUT2D eigenvalue weighted by atomic mass is 32.2. The van der Waals surface area contributed by atoms with Gasteiger partial charge < -0.3 is 0 Å². The minimum absolute atomic E-state index is 0.260. The van der Waals surface area contributed by atoms with E-state index in [-0.39, 0.29) is 4.90 Å². The van der Waals surface area contributed by atoms with E-state index in [1.807, 2.05) is 37.3 Å². The van der Waals surface area contributed by atoms with E-state index in [9.17, 15) is 8.42 Å². The van der Waals surface area contributed by atoms with Gasteiger partial charge in [0.15, 0.2) is 0 Å². The maximum atomic E-state index is 12.6. The fourth-order valence-electron chi connectivity index (χ4n) is 3.41. The Morgan fingerprint density at radius 3 is 2.15 bits per heavy atom. The first-order chi connectivity index (χ1) is 12.5. The Labute approximate surface area is 154 Å². The molecule has 3 aromatic carbocycles. The van der Waals surface area contributed by atoms with Crippen molar-refractivity contribution in [3.05, 3.63) is 95.2 Å². The number of aryl methyl sites for hydroxylation is 2. The van der Waals surface area contributed by atoms with E-state index in [1.165, 1.54) is 11.1 Å². The molecule has 3 aromatic rings. The van der Waals surface area contributed by atoms with Gasteiger partial charge in [-0.3, -0.25) is 4.72 Å². The van der Waals surface area contributed by atoms with Gasteiger partial charge >= 0.3 is 0 Å². The maximum Gasteiger partial charge on any atom is 0.261 e. The van der Waals surface area contributed by atoms with Gasteiger partial charge in [-0.15, -0.1) is 0 Å². The Bertz CT molecular complexity index is 1130. The van der Waals surface area contributed by atoms with Crippen LogP contribution in [0.25, 0.3) is 16.7 Å². The summed E-state index contributed by atoms with van der Waals surface area (Å²) < 4.78 is 27.9. The lowest BCUT2D eigenvalue weighted by atomic mass is 10.0. The second-order valence-corrected chi connectivity index (χ2v) is 8.25. The number of hydrogen-bond acceptors (Lipinski definition) is 2. The van der Waals surface area contributed by atoms with E-state index < -0.39 is 10.0 Å². The van der Waals surface area contributed by atoms with Crippen LogP contribution in [-0.4, -0.2) is 8.42 Å². The van der Waals surface area contributed by atoms with Crippen molar-refractivity contribution in [2.45, 2.75) is 18.7 Å². The highest BCUT2D eigenvalue weighted by Gasteiger charge is 2.24. The van der Waals surface area contributed by atoms with Crippen molar-refractivity contribution in [1.82, 2.24) is 4.72 Å². The largest absolute Gasteiger partial charge is 0.286 e. The van der Waals surface area contributed by atoms with Crippen LogP contribution in [0.3, 0.4) is 0 Å². The summed E-state index contributed by atoms with van der Waals surface area (Å²) >= 11 is 0. The second kappa shape index (κ2) is 6.15. The number of nitrogens with one attached hydrogen (secondary N) is 1. The van der Waals surface area contributed by atoms with Crippen LogP contribution in [-0.2, 0) is 10.0 Å². The standard InChI is InChI=1S/C22H19NO2S/c1-15-10-12-17(13-11-15)26(24,25)23-14-21-18-7-3-4-8-19(18)22-16(2)6-5-9-20(21)22/h3-14,23H,1-2H3/b21-14-. The molecule has 0 heterocycles. The molecule has 0 spiro atoms. The molecule has 0 unspecified atom stereocenters. The van der Waals surface area contributed by atoms with Crippen LogP contribution in [0.2, 0.25) is 0 Å². The van der Waals surface area contributed by atoms with Crippen LogP contribution in [0.5, 0.6) is 0 Å². The summed E-state index contributed by atoms with van der Waals surface area (Å²) in [5.74, 6) is 0. The molecule has 0 atom stereocenters. The number of rotatable bonds is 3. The van der Waals surface area contributed by atoms with E-state index in [2.05, 4.69) is 23.8 Å². The van der Waals surface area contributed by atoms with Crippen molar-refractivity contribution < 1.29 is 8.42 Å². The monoisotopic (exact) mass is 361 g/mol. The number of sulfonamides is 1. The Balaban J connectivity index is 1.79. The molecule has 0 aliphatic heterocycles. The summed E-state index contributed by atoms with van der Waals surface area (Å²) in [4.78, 5) is 0.260. The van der Waals surface area contributed by atoms with Crippen molar-refractivity contribution >= 4 is 15.6 Å². The van der Waals surface area contributed by atoms with Crippen LogP contribution in [0, 0.1) is 13.8 Å². The molecular formula is C22H19NO2S. The minimum Gasteiger partial charge on any atom is -0.286 e. The normalized spacial score (nSPS) is 14.2. The van der Waals surface area contributed by atoms with Gasteiger partial charge in [-0.2, -0.15) is 0 Å². The van der Waals surface area contributed by atoms with Gasteiger partial charge in [0, 0.05) is 11.8 Å². The van der Waals surface area contributed by atoms with E-state index in [0.29, 0.717) is 0 Å². The number of fused-ring (bicyclic) bond motifs is 3. The van der Waals surface area contributed by atoms with Gasteiger partial charge in [-0.1, -0.05) is 60.2 Å². The molecule has 0 aromatic heterocycles. The topological polar surface area (TPSA) is 46.2 Å². The van der Waals surface area contributed by atoms with Gasteiger partial charge in [0.05, 0.1) is 4.90 Å². The van der Waals surface area contributed by atoms with Crippen LogP contribution in [0.4, 0.5) is 0 Å². The van der Waals surface area contributed by atoms with Crippen molar-refractivity contribution in [3.8, 4) is 11.1 Å². The lowest BCUT2D eigenvalue weighted by Crippen LogP contribution is -2.18. The molecule has 4 rings (SSSR count). The molecule has 1 aliphatic rings. The first kappa shape index (κ1) is 16.6. The van der Waals surface area contributed by atoms with Crippen molar-refractivity contribution in [2.75, 3.05) is 0 Å². The molecule has 130 valence electrons. The lowest BCUT2D eigenvalue weighted by Gasteiger charge is -2.07. The van der Waals surface area contributed by atoms with Gasteiger partial charge in [0.1, 0.15) is 0 Å². The highest BCUT2D eigenvalue weighted by molar-refractivity contribution is 7.89. The Kier molecular flexibility index (Phi) is 3.93. The van der Waals surface area contributed by atoms with Crippen molar-refractivity contribution in [3.63, 3.8) is 0 Å². The lowest BCUT2D eigenvalue weighted by molar-refractivity contribution is 0.590. The maximum absolute atomic E-state index is 12.6. The first-order valence-corrected chi connectivity index (χ1v) is 9.94. The molecule has 0 radical (unpaired) electrons. The predicted molar refractivity (Wildman–Crippen MR) is 105 cm³/mol. The molecule has 0 bridgehead atoms. The van der Waals surface area contributed by atoms with Gasteiger partial charge in [-0.05, 0) is 53.8 Å². The van der Waals surface area contributed by atoms with Crippen LogP contribution in [0.15, 0.2) is 77.8 Å². The Morgan fingerprint density at radius 1 is 0.769 bits per heavy atom. The molecule has 26 heavy (non-hydrogen) atoms. The summed E-state index contributed by atoms with van der Waals surface area (Å²) in [5.41, 5.74) is 7.51. The van der Waals surface area contributed by atoms with Gasteiger partial charge in [-0.25, -0.2) is 8.42 Å². The SMILES string of the molecule is Cc1ccc(S(=O)(=O)N/C=C2/c3ccccc3-c3c(C)cccc32)cc1. The molecule has 3 nitrogen and oxygen atoms in total. The Hall–Kier alpha value is -2.85. The highest BCUT2D eigenvalue weighted by Crippen LogP contribution is 2.45. The summed E-state index contributed by atoms with van der Waals surface area (Å²) in [6.07, 6.45) is 1.61. The van der Waals surface area contributed by atoms with Crippen molar-refractivity contribution in [1.29, 1.82) is 0 Å². The van der Waals surface area contributed by atoms with Crippen LogP contribution in [0.1, 0.15) is 22.3 Å². The molecule has 0 amide bonds. The molecular weight excluding hydrogens is 342 g/mol. The molecule has 1 N–H and O–H groups in total. The van der Waals surface area contributed by atoms with E-state index in [0.717, 1.165) is 27.8 Å². The average molecular weight is 361 g/mol. The third-order valence-electron chi connectivity index (χ3n) is 4.74. The number of hydrogen-bond donors (Lipinski definition) is 1. The Morgan fingerprint density at radius 2 is 1.42 bits per heavy atom. The average Bonchev–Trinajstić information content (AvgIpc) is 2.95. The number of benzene rings is 3. The molecule has 0 fully saturated rings. The third kappa shape index (κ3) is 2.72. The summed E-state index contributed by atoms with van der Waals surface area (Å²) in [7, 11) is -3.61. The fourth-order valence-corrected chi connectivity index (χ4v) is 4.31. The first-order valence-electron chi connectivity index (χ1n) is 8.46. The minimum atomic E-state index is -3.61. The van der Waals surface area contributed by atoms with Crippen molar-refractivity contribution in [2.24, 2.45) is 0 Å². The molecule has 0 saturated heterocycles.